The Balaban J connectivity index is 1.82. The fraction of sp³-hybridized carbons (Fsp3) is 0.263. The number of carbonyl (C=O) groups excluding carboxylic acids is 1. The first-order valence-electron chi connectivity index (χ1n) is 8.19. The highest BCUT2D eigenvalue weighted by Crippen LogP contribution is 2.30. The van der Waals surface area contributed by atoms with Crippen LogP contribution in [0, 0.1) is 0 Å². The van der Waals surface area contributed by atoms with Gasteiger partial charge in [-0.1, -0.05) is 24.3 Å². The standard InChI is InChI=1S/C19H17F4NO4/c20-17(13-3-5-14(6-4-13)19(21,22)23)18(27)24-10-9-12-1-7-15(8-2-12)28-11-16(25)26/h1-8,17H,9-11H2,(H,24,27)(H,25,26). The minimum absolute atomic E-state index is 0.120. The molecule has 0 bridgehead atoms. The normalized spacial score (nSPS) is 12.3. The molecule has 150 valence electrons. The van der Waals surface area contributed by atoms with E-state index in [-0.39, 0.29) is 12.1 Å². The van der Waals surface area contributed by atoms with Gasteiger partial charge in [-0.3, -0.25) is 4.79 Å². The Hall–Kier alpha value is -3.10. The summed E-state index contributed by atoms with van der Waals surface area (Å²) < 4.78 is 56.6. The topological polar surface area (TPSA) is 75.6 Å². The van der Waals surface area contributed by atoms with Crippen molar-refractivity contribution in [3.8, 4) is 5.75 Å². The number of halogens is 4. The first-order chi connectivity index (χ1) is 13.2. The Labute approximate surface area is 157 Å². The summed E-state index contributed by atoms with van der Waals surface area (Å²) in [6.45, 7) is -0.341. The number of hydrogen-bond acceptors (Lipinski definition) is 3. The zero-order chi connectivity index (χ0) is 20.7. The molecule has 9 heteroatoms. The molecule has 1 atom stereocenters. The van der Waals surface area contributed by atoms with Crippen LogP contribution >= 0.6 is 0 Å². The SMILES string of the molecule is O=C(O)COc1ccc(CCNC(=O)C(F)c2ccc(C(F)(F)F)cc2)cc1. The van der Waals surface area contributed by atoms with Crippen LogP contribution in [0.15, 0.2) is 48.5 Å². The van der Waals surface area contributed by atoms with Crippen molar-refractivity contribution in [2.45, 2.75) is 18.8 Å². The molecular weight excluding hydrogens is 382 g/mol. The lowest BCUT2D eigenvalue weighted by atomic mass is 10.1. The van der Waals surface area contributed by atoms with Crippen molar-refractivity contribution in [1.82, 2.24) is 5.32 Å². The van der Waals surface area contributed by atoms with Crippen LogP contribution in [0.2, 0.25) is 0 Å². The van der Waals surface area contributed by atoms with Crippen LogP contribution in [0.25, 0.3) is 0 Å². The summed E-state index contributed by atoms with van der Waals surface area (Å²) >= 11 is 0. The van der Waals surface area contributed by atoms with Gasteiger partial charge in [-0.05, 0) is 41.8 Å². The van der Waals surface area contributed by atoms with Crippen LogP contribution in [0.1, 0.15) is 22.9 Å². The highest BCUT2D eigenvalue weighted by molar-refractivity contribution is 5.82. The molecule has 5 nitrogen and oxygen atoms in total. The molecule has 2 rings (SSSR count). The Morgan fingerprint density at radius 2 is 1.64 bits per heavy atom. The minimum atomic E-state index is -4.53. The third-order valence-electron chi connectivity index (χ3n) is 3.76. The first-order valence-corrected chi connectivity index (χ1v) is 8.19. The predicted molar refractivity (Wildman–Crippen MR) is 91.6 cm³/mol. The van der Waals surface area contributed by atoms with Crippen LogP contribution in [0.4, 0.5) is 17.6 Å². The van der Waals surface area contributed by atoms with Crippen molar-refractivity contribution in [1.29, 1.82) is 0 Å². The fourth-order valence-corrected chi connectivity index (χ4v) is 2.31. The zero-order valence-corrected chi connectivity index (χ0v) is 14.5. The zero-order valence-electron chi connectivity index (χ0n) is 14.5. The van der Waals surface area contributed by atoms with Gasteiger partial charge in [0.15, 0.2) is 6.61 Å². The molecule has 2 N–H and O–H groups in total. The lowest BCUT2D eigenvalue weighted by Gasteiger charge is -2.12. The number of carboxylic acid groups (broad SMARTS) is 1. The average molecular weight is 399 g/mol. The number of carbonyl (C=O) groups is 2. The lowest BCUT2D eigenvalue weighted by Crippen LogP contribution is -2.29. The molecule has 0 radical (unpaired) electrons. The average Bonchev–Trinajstić information content (AvgIpc) is 2.66. The lowest BCUT2D eigenvalue weighted by molar-refractivity contribution is -0.139. The van der Waals surface area contributed by atoms with E-state index in [1.54, 1.807) is 24.3 Å². The molecular formula is C19H17F4NO4. The summed E-state index contributed by atoms with van der Waals surface area (Å²) in [7, 11) is 0. The van der Waals surface area contributed by atoms with Gasteiger partial charge >= 0.3 is 12.1 Å². The summed E-state index contributed by atoms with van der Waals surface area (Å²) in [5, 5.41) is 10.9. The Bertz CT molecular complexity index is 804. The molecule has 0 fully saturated rings. The van der Waals surface area contributed by atoms with Gasteiger partial charge in [-0.15, -0.1) is 0 Å². The number of ether oxygens (including phenoxy) is 1. The number of amides is 1. The number of carboxylic acids is 1. The Morgan fingerprint density at radius 3 is 2.18 bits per heavy atom. The summed E-state index contributed by atoms with van der Waals surface area (Å²) in [6, 6.07) is 9.80. The van der Waals surface area contributed by atoms with Crippen molar-refractivity contribution in [3.05, 3.63) is 65.2 Å². The summed E-state index contributed by atoms with van der Waals surface area (Å²) in [5.74, 6) is -1.66. The van der Waals surface area contributed by atoms with Crippen LogP contribution < -0.4 is 10.1 Å². The molecule has 0 aliphatic rings. The quantitative estimate of drug-likeness (QED) is 0.666. The van der Waals surface area contributed by atoms with Crippen LogP contribution in [-0.4, -0.2) is 30.1 Å². The Morgan fingerprint density at radius 1 is 1.04 bits per heavy atom. The molecule has 1 amide bonds. The van der Waals surface area contributed by atoms with Crippen LogP contribution in [0.3, 0.4) is 0 Å². The summed E-state index contributed by atoms with van der Waals surface area (Å²) in [4.78, 5) is 22.3. The molecule has 0 aliphatic carbocycles. The van der Waals surface area contributed by atoms with E-state index in [0.717, 1.165) is 29.8 Å². The maximum atomic E-state index is 14.1. The minimum Gasteiger partial charge on any atom is -0.482 e. The maximum absolute atomic E-state index is 14.1. The molecule has 2 aromatic rings. The molecule has 2 aromatic carbocycles. The Kier molecular flexibility index (Phi) is 6.97. The van der Waals surface area contributed by atoms with E-state index >= 15 is 0 Å². The van der Waals surface area contributed by atoms with Gasteiger partial charge in [0.2, 0.25) is 6.17 Å². The van der Waals surface area contributed by atoms with Crippen LogP contribution in [0.5, 0.6) is 5.75 Å². The van der Waals surface area contributed by atoms with Crippen molar-refractivity contribution >= 4 is 11.9 Å². The molecule has 28 heavy (non-hydrogen) atoms. The third-order valence-corrected chi connectivity index (χ3v) is 3.76. The number of aliphatic carboxylic acids is 1. The van der Waals surface area contributed by atoms with E-state index in [0.29, 0.717) is 12.2 Å². The van der Waals surface area contributed by atoms with E-state index in [4.69, 9.17) is 9.84 Å². The number of rotatable bonds is 8. The van der Waals surface area contributed by atoms with E-state index in [1.807, 2.05) is 0 Å². The second-order valence-electron chi connectivity index (χ2n) is 5.85. The highest BCUT2D eigenvalue weighted by atomic mass is 19.4. The van der Waals surface area contributed by atoms with Gasteiger partial charge in [0.05, 0.1) is 5.56 Å². The second-order valence-corrected chi connectivity index (χ2v) is 5.85. The van der Waals surface area contributed by atoms with Crippen LogP contribution in [-0.2, 0) is 22.2 Å². The molecule has 0 heterocycles. The number of benzene rings is 2. The summed E-state index contributed by atoms with van der Waals surface area (Å²) in [5.41, 5.74) is -0.280. The molecule has 1 unspecified atom stereocenters. The van der Waals surface area contributed by atoms with Crippen molar-refractivity contribution < 1.29 is 37.0 Å². The van der Waals surface area contributed by atoms with Gasteiger partial charge in [0.25, 0.3) is 5.91 Å². The van der Waals surface area contributed by atoms with Crippen molar-refractivity contribution in [2.24, 2.45) is 0 Å². The van der Waals surface area contributed by atoms with E-state index in [2.05, 4.69) is 5.32 Å². The molecule has 0 spiro atoms. The monoisotopic (exact) mass is 399 g/mol. The van der Waals surface area contributed by atoms with E-state index in [1.165, 1.54) is 0 Å². The molecule has 0 aromatic heterocycles. The van der Waals surface area contributed by atoms with Gasteiger partial charge < -0.3 is 15.2 Å². The maximum Gasteiger partial charge on any atom is 0.416 e. The van der Waals surface area contributed by atoms with Gasteiger partial charge in [-0.2, -0.15) is 13.2 Å². The molecule has 0 aliphatic heterocycles. The van der Waals surface area contributed by atoms with Gasteiger partial charge in [0, 0.05) is 6.54 Å². The molecule has 0 saturated carbocycles. The number of nitrogens with one attached hydrogen (secondary N) is 1. The van der Waals surface area contributed by atoms with Gasteiger partial charge in [0.1, 0.15) is 5.75 Å². The van der Waals surface area contributed by atoms with E-state index in [9.17, 15) is 27.2 Å². The van der Waals surface area contributed by atoms with Crippen molar-refractivity contribution in [3.63, 3.8) is 0 Å². The fourth-order valence-electron chi connectivity index (χ4n) is 2.31. The predicted octanol–water partition coefficient (Wildman–Crippen LogP) is 3.54. The second kappa shape index (κ2) is 9.20. The number of hydrogen-bond donors (Lipinski definition) is 2. The summed E-state index contributed by atoms with van der Waals surface area (Å²) in [6.07, 6.45) is -6.22. The molecule has 0 saturated heterocycles. The highest BCUT2D eigenvalue weighted by Gasteiger charge is 2.30. The third kappa shape index (κ3) is 6.26. The van der Waals surface area contributed by atoms with Gasteiger partial charge in [-0.25, -0.2) is 9.18 Å². The van der Waals surface area contributed by atoms with Crippen molar-refractivity contribution in [2.75, 3.05) is 13.2 Å². The largest absolute Gasteiger partial charge is 0.482 e. The smallest absolute Gasteiger partial charge is 0.416 e. The number of alkyl halides is 4. The first kappa shape index (κ1) is 21.2. The van der Waals surface area contributed by atoms with E-state index < -0.39 is 36.4 Å².